The number of ether oxygens (including phenoxy) is 1. The van der Waals surface area contributed by atoms with E-state index in [0.29, 0.717) is 40.2 Å². The summed E-state index contributed by atoms with van der Waals surface area (Å²) in [5.74, 6) is 3.22. The lowest BCUT2D eigenvalue weighted by Gasteiger charge is -2.72. The molecule has 0 amide bonds. The summed E-state index contributed by atoms with van der Waals surface area (Å²) in [4.78, 5) is 14.7. The van der Waals surface area contributed by atoms with Crippen molar-refractivity contribution in [3.8, 4) is 0 Å². The lowest BCUT2D eigenvalue weighted by Crippen LogP contribution is -2.68. The van der Waals surface area contributed by atoms with E-state index in [1.54, 1.807) is 0 Å². The second-order valence-electron chi connectivity index (χ2n) is 18.7. The maximum atomic E-state index is 12.1. The molecule has 5 fully saturated rings. The van der Waals surface area contributed by atoms with Crippen LogP contribution in [0.3, 0.4) is 0 Å². The van der Waals surface area contributed by atoms with Crippen LogP contribution in [0.1, 0.15) is 115 Å². The largest absolute Gasteiger partial charge is 0.465 e. The van der Waals surface area contributed by atoms with Crippen LogP contribution in [0.5, 0.6) is 0 Å². The molecule has 0 spiro atoms. The number of fused-ring (bicyclic) bond motifs is 7. The number of carbonyl (C=O) groups excluding carboxylic acids is 1. The topological polar surface area (TPSA) is 63.5 Å². The van der Waals surface area contributed by atoms with E-state index in [0.717, 1.165) is 31.3 Å². The number of methoxy groups -OCH3 is 1. The van der Waals surface area contributed by atoms with Crippen molar-refractivity contribution < 1.29 is 9.53 Å². The number of nitrogens with zero attached hydrogens (tertiary/aromatic N) is 1. The molecule has 1 aromatic rings. The summed E-state index contributed by atoms with van der Waals surface area (Å²) < 4.78 is 4.97. The highest BCUT2D eigenvalue weighted by Gasteiger charge is 2.70. The third-order valence-electron chi connectivity index (χ3n) is 16.3. The summed E-state index contributed by atoms with van der Waals surface area (Å²) in [5.41, 5.74) is 6.11. The van der Waals surface area contributed by atoms with Crippen molar-refractivity contribution in [1.82, 2.24) is 15.5 Å². The zero-order chi connectivity index (χ0) is 34.3. The Balaban J connectivity index is 1.15. The van der Waals surface area contributed by atoms with Crippen LogP contribution in [0.25, 0.3) is 5.57 Å². The van der Waals surface area contributed by atoms with E-state index in [4.69, 9.17) is 4.74 Å². The van der Waals surface area contributed by atoms with Crippen molar-refractivity contribution in [2.24, 2.45) is 51.2 Å². The van der Waals surface area contributed by atoms with Crippen molar-refractivity contribution in [3.05, 3.63) is 53.6 Å². The van der Waals surface area contributed by atoms with Gasteiger partial charge in [-0.25, -0.2) is 4.79 Å². The first-order valence-electron chi connectivity index (χ1n) is 19.4. The molecule has 1 aromatic carbocycles. The van der Waals surface area contributed by atoms with Crippen molar-refractivity contribution in [2.75, 3.05) is 40.3 Å². The van der Waals surface area contributed by atoms with Crippen LogP contribution >= 0.6 is 0 Å². The van der Waals surface area contributed by atoms with Crippen LogP contribution < -0.4 is 10.6 Å². The van der Waals surface area contributed by atoms with E-state index in [1.807, 2.05) is 12.1 Å². The summed E-state index contributed by atoms with van der Waals surface area (Å²) in [6.07, 6.45) is 14.4. The fourth-order valence-corrected chi connectivity index (χ4v) is 13.6. The Hall–Kier alpha value is -1.95. The summed E-state index contributed by atoms with van der Waals surface area (Å²) in [6, 6.07) is 8.88. The molecule has 0 aromatic heterocycles. The molecule has 4 saturated carbocycles. The minimum absolute atomic E-state index is 0.0731. The number of hydrogen-bond donors (Lipinski definition) is 2. The van der Waals surface area contributed by atoms with Gasteiger partial charge in [0.25, 0.3) is 0 Å². The summed E-state index contributed by atoms with van der Waals surface area (Å²) in [7, 11) is 3.75. The number of carbonyl (C=O) groups is 1. The van der Waals surface area contributed by atoms with Crippen molar-refractivity contribution in [1.29, 1.82) is 0 Å². The minimum atomic E-state index is -0.265. The SMILES string of the molecule is C=C(C)[C@@H]1CC[C@]2(NCCN(C)CC3CN3)CC[C@]3(C)[C@H](CC[C@@H]4[C@@]5(C)CC=C(c6ccc(C(=O)OC)cc6)C(C)(C)[C@@H]5CC[C@]43C)[C@@H]12. The zero-order valence-electron chi connectivity index (χ0n) is 31.5. The van der Waals surface area contributed by atoms with Gasteiger partial charge < -0.3 is 20.3 Å². The van der Waals surface area contributed by atoms with E-state index in [2.05, 4.69) is 88.9 Å². The maximum absolute atomic E-state index is 12.1. The van der Waals surface area contributed by atoms with Gasteiger partial charge in [-0.3, -0.25) is 0 Å². The van der Waals surface area contributed by atoms with Crippen molar-refractivity contribution in [2.45, 2.75) is 111 Å². The minimum Gasteiger partial charge on any atom is -0.465 e. The first kappa shape index (κ1) is 34.5. The molecule has 5 heteroatoms. The molecule has 0 bridgehead atoms. The van der Waals surface area contributed by atoms with Gasteiger partial charge in [-0.05, 0) is 146 Å². The van der Waals surface area contributed by atoms with Crippen LogP contribution in [-0.4, -0.2) is 62.8 Å². The molecular formula is C43H65N3O2. The Bertz CT molecular complexity index is 1440. The smallest absolute Gasteiger partial charge is 0.337 e. The standard InChI is InChI=1S/C43H65N3O2/c1-28(2)32-16-21-43(45-24-25-46(8)27-31-26-44-31)23-22-41(6)34(37(32)43)14-15-36-40(5)19-17-33(29-10-12-30(13-11-29)38(47)48-9)39(3,4)35(40)18-20-42(36,41)7/h10-13,17,31-32,34-37,44-45H,1,14-16,18-27H2,2-9H3/t31?,32-,34+,35-,36+,37+,40-,41+,42+,43-/m0/s1. The third-order valence-corrected chi connectivity index (χ3v) is 16.3. The van der Waals surface area contributed by atoms with E-state index < -0.39 is 0 Å². The van der Waals surface area contributed by atoms with Crippen LogP contribution in [0.2, 0.25) is 0 Å². The van der Waals surface area contributed by atoms with Crippen LogP contribution in [0, 0.1) is 51.2 Å². The second-order valence-corrected chi connectivity index (χ2v) is 18.7. The fraction of sp³-hybridized carbons (Fsp3) is 0.744. The van der Waals surface area contributed by atoms with Gasteiger partial charge in [0.1, 0.15) is 0 Å². The maximum Gasteiger partial charge on any atom is 0.337 e. The molecule has 10 atom stereocenters. The number of hydrogen-bond acceptors (Lipinski definition) is 5. The Morgan fingerprint density at radius 1 is 0.979 bits per heavy atom. The monoisotopic (exact) mass is 656 g/mol. The number of likely N-dealkylation sites (N-methyl/N-ethyl adjacent to an activating group) is 1. The van der Waals surface area contributed by atoms with Gasteiger partial charge in [0.05, 0.1) is 12.7 Å². The number of esters is 1. The molecular weight excluding hydrogens is 590 g/mol. The highest BCUT2D eigenvalue weighted by atomic mass is 16.5. The molecule has 1 aliphatic heterocycles. The van der Waals surface area contributed by atoms with Crippen LogP contribution in [0.15, 0.2) is 42.5 Å². The normalized spacial score (nSPS) is 42.6. The van der Waals surface area contributed by atoms with Crippen molar-refractivity contribution >= 4 is 11.5 Å². The van der Waals surface area contributed by atoms with Gasteiger partial charge >= 0.3 is 5.97 Å². The molecule has 5 nitrogen and oxygen atoms in total. The highest BCUT2D eigenvalue weighted by Crippen LogP contribution is 2.76. The Morgan fingerprint density at radius 3 is 2.38 bits per heavy atom. The molecule has 5 aliphatic carbocycles. The summed E-state index contributed by atoms with van der Waals surface area (Å²) in [5, 5.41) is 7.77. The number of nitrogens with one attached hydrogen (secondary N) is 2. The molecule has 1 heterocycles. The quantitative estimate of drug-likeness (QED) is 0.159. The lowest BCUT2D eigenvalue weighted by molar-refractivity contribution is -0.219. The predicted octanol–water partition coefficient (Wildman–Crippen LogP) is 8.37. The van der Waals surface area contributed by atoms with Gasteiger partial charge in [0.2, 0.25) is 0 Å². The van der Waals surface area contributed by atoms with Gasteiger partial charge in [0, 0.05) is 37.8 Å². The van der Waals surface area contributed by atoms with Crippen LogP contribution in [0.4, 0.5) is 0 Å². The number of allylic oxidation sites excluding steroid dienone is 3. The van der Waals surface area contributed by atoms with Crippen molar-refractivity contribution in [3.63, 3.8) is 0 Å². The molecule has 48 heavy (non-hydrogen) atoms. The lowest BCUT2D eigenvalue weighted by atomic mass is 9.33. The third kappa shape index (κ3) is 5.22. The summed E-state index contributed by atoms with van der Waals surface area (Å²) >= 11 is 0. The van der Waals surface area contributed by atoms with Gasteiger partial charge in [-0.15, -0.1) is 0 Å². The van der Waals surface area contributed by atoms with E-state index >= 15 is 0 Å². The molecule has 6 aliphatic rings. The molecule has 264 valence electrons. The van der Waals surface area contributed by atoms with Gasteiger partial charge in [-0.1, -0.05) is 65.0 Å². The Morgan fingerprint density at radius 2 is 1.71 bits per heavy atom. The van der Waals surface area contributed by atoms with Crippen LogP contribution in [-0.2, 0) is 4.74 Å². The van der Waals surface area contributed by atoms with Gasteiger partial charge in [-0.2, -0.15) is 0 Å². The predicted molar refractivity (Wildman–Crippen MR) is 198 cm³/mol. The molecule has 1 saturated heterocycles. The van der Waals surface area contributed by atoms with E-state index in [-0.39, 0.29) is 22.3 Å². The summed E-state index contributed by atoms with van der Waals surface area (Å²) in [6.45, 7) is 24.8. The first-order valence-corrected chi connectivity index (χ1v) is 19.4. The zero-order valence-corrected chi connectivity index (χ0v) is 31.5. The average molecular weight is 656 g/mol. The van der Waals surface area contributed by atoms with Gasteiger partial charge in [0.15, 0.2) is 0 Å². The highest BCUT2D eigenvalue weighted by molar-refractivity contribution is 5.89. The number of benzene rings is 1. The van der Waals surface area contributed by atoms with E-state index in [9.17, 15) is 4.79 Å². The average Bonchev–Trinajstić information content (AvgIpc) is 3.77. The molecule has 2 N–H and O–H groups in total. The first-order chi connectivity index (χ1) is 22.7. The fourth-order valence-electron chi connectivity index (χ4n) is 13.6. The molecule has 1 unspecified atom stereocenters. The van der Waals surface area contributed by atoms with E-state index in [1.165, 1.54) is 88.3 Å². The Kier molecular flexibility index (Phi) is 8.69. The second kappa shape index (κ2) is 12.1. The number of rotatable bonds is 9. The Labute approximate surface area is 292 Å². The molecule has 7 rings (SSSR count). The molecule has 0 radical (unpaired) electrons.